The van der Waals surface area contributed by atoms with Crippen LogP contribution in [-0.2, 0) is 11.3 Å². The molecule has 0 fully saturated rings. The third kappa shape index (κ3) is 4.22. The molecule has 1 aliphatic heterocycles. The van der Waals surface area contributed by atoms with E-state index in [1.807, 2.05) is 42.5 Å². The predicted octanol–water partition coefficient (Wildman–Crippen LogP) is 2.73. The zero-order chi connectivity index (χ0) is 17.6. The van der Waals surface area contributed by atoms with E-state index in [1.165, 1.54) is 0 Å². The third-order valence-corrected chi connectivity index (χ3v) is 4.38. The van der Waals surface area contributed by atoms with Crippen molar-refractivity contribution in [3.8, 4) is 0 Å². The van der Waals surface area contributed by atoms with Crippen LogP contribution < -0.4 is 10.6 Å². The van der Waals surface area contributed by atoms with E-state index in [1.54, 1.807) is 24.3 Å². The Morgan fingerprint density at radius 3 is 2.64 bits per heavy atom. The van der Waals surface area contributed by atoms with Crippen molar-refractivity contribution in [3.63, 3.8) is 0 Å². The molecule has 25 heavy (non-hydrogen) atoms. The summed E-state index contributed by atoms with van der Waals surface area (Å²) < 4.78 is 0. The number of anilines is 1. The molecule has 1 aliphatic rings. The van der Waals surface area contributed by atoms with Crippen LogP contribution in [0.2, 0.25) is 0 Å². The van der Waals surface area contributed by atoms with Gasteiger partial charge in [0, 0.05) is 50.3 Å². The minimum Gasteiger partial charge on any atom is -0.383 e. The van der Waals surface area contributed by atoms with Gasteiger partial charge in [-0.2, -0.15) is 0 Å². The van der Waals surface area contributed by atoms with Crippen molar-refractivity contribution in [2.45, 2.75) is 13.0 Å². The Morgan fingerprint density at radius 1 is 1.20 bits per heavy atom. The Balaban J connectivity index is 1.81. The molecule has 0 unspecified atom stereocenters. The van der Waals surface area contributed by atoms with Crippen LogP contribution in [0, 0.1) is 0 Å². The number of likely N-dealkylation sites (N-methyl/N-ethyl adjacent to an activating group) is 1. The van der Waals surface area contributed by atoms with Gasteiger partial charge in [-0.1, -0.05) is 30.4 Å². The summed E-state index contributed by atoms with van der Waals surface area (Å²) in [5.74, 6) is -0.0584. The average molecular weight is 352 g/mol. The molecular formula is C19H20N4OS. The van der Waals surface area contributed by atoms with E-state index in [2.05, 4.69) is 15.6 Å². The lowest BCUT2D eigenvalue weighted by molar-refractivity contribution is -0.126. The standard InChI is InChI=1S/C19H20N4OS/c1-23-12-9-16(21-13-14-7-10-20-11-8-14)17(19(23)24)18(25)22-15-5-3-2-4-6-15/h2-8,10-11,21H,9,12-13H2,1H3,(H,22,25). The molecule has 5 nitrogen and oxygen atoms in total. The first kappa shape index (κ1) is 17.1. The number of aromatic nitrogens is 1. The van der Waals surface area contributed by atoms with Gasteiger partial charge < -0.3 is 15.5 Å². The van der Waals surface area contributed by atoms with E-state index in [0.717, 1.165) is 23.4 Å². The number of carbonyl (C=O) groups is 1. The monoisotopic (exact) mass is 352 g/mol. The van der Waals surface area contributed by atoms with Gasteiger partial charge in [-0.25, -0.2) is 0 Å². The van der Waals surface area contributed by atoms with Crippen molar-refractivity contribution in [1.29, 1.82) is 0 Å². The van der Waals surface area contributed by atoms with Gasteiger partial charge in [-0.3, -0.25) is 9.78 Å². The van der Waals surface area contributed by atoms with E-state index < -0.39 is 0 Å². The molecule has 3 rings (SSSR count). The number of amides is 1. The molecule has 2 aromatic rings. The summed E-state index contributed by atoms with van der Waals surface area (Å²) in [5.41, 5.74) is 3.40. The maximum absolute atomic E-state index is 12.7. The first-order valence-corrected chi connectivity index (χ1v) is 8.54. The van der Waals surface area contributed by atoms with Crippen LogP contribution in [0.4, 0.5) is 5.69 Å². The SMILES string of the molecule is CN1CCC(NCc2ccncc2)=C(C(=S)Nc2ccccc2)C1=O. The molecule has 1 aromatic carbocycles. The molecule has 0 bridgehead atoms. The summed E-state index contributed by atoms with van der Waals surface area (Å²) in [7, 11) is 1.80. The summed E-state index contributed by atoms with van der Waals surface area (Å²) in [5, 5.41) is 6.55. The molecule has 1 aromatic heterocycles. The average Bonchev–Trinajstić information content (AvgIpc) is 2.64. The van der Waals surface area contributed by atoms with Crippen LogP contribution in [0.1, 0.15) is 12.0 Å². The van der Waals surface area contributed by atoms with E-state index >= 15 is 0 Å². The topological polar surface area (TPSA) is 57.3 Å². The highest BCUT2D eigenvalue weighted by molar-refractivity contribution is 7.81. The maximum Gasteiger partial charge on any atom is 0.258 e. The van der Waals surface area contributed by atoms with Crippen LogP contribution >= 0.6 is 12.2 Å². The Labute approximate surface area is 152 Å². The van der Waals surface area contributed by atoms with Crippen molar-refractivity contribution < 1.29 is 4.79 Å². The number of pyridine rings is 1. The molecule has 0 spiro atoms. The molecule has 0 radical (unpaired) electrons. The highest BCUT2D eigenvalue weighted by Gasteiger charge is 2.27. The van der Waals surface area contributed by atoms with Gasteiger partial charge in [-0.15, -0.1) is 0 Å². The quantitative estimate of drug-likeness (QED) is 0.811. The summed E-state index contributed by atoms with van der Waals surface area (Å²) in [6.07, 6.45) is 4.26. The number of rotatable bonds is 5. The van der Waals surface area contributed by atoms with Crippen LogP contribution in [-0.4, -0.2) is 34.4 Å². The number of para-hydroxylation sites is 1. The fourth-order valence-corrected chi connectivity index (χ4v) is 2.99. The molecule has 0 atom stereocenters. The van der Waals surface area contributed by atoms with Crippen LogP contribution in [0.5, 0.6) is 0 Å². The van der Waals surface area contributed by atoms with Gasteiger partial charge in [0.15, 0.2) is 0 Å². The van der Waals surface area contributed by atoms with Gasteiger partial charge >= 0.3 is 0 Å². The lowest BCUT2D eigenvalue weighted by Gasteiger charge is -2.28. The van der Waals surface area contributed by atoms with Crippen molar-refractivity contribution in [2.75, 3.05) is 18.9 Å². The Morgan fingerprint density at radius 2 is 1.92 bits per heavy atom. The number of hydrogen-bond acceptors (Lipinski definition) is 4. The molecule has 128 valence electrons. The summed E-state index contributed by atoms with van der Waals surface area (Å²) in [6.45, 7) is 1.31. The van der Waals surface area contributed by atoms with Gasteiger partial charge in [-0.05, 0) is 29.8 Å². The molecular weight excluding hydrogens is 332 g/mol. The minimum absolute atomic E-state index is 0.0584. The molecule has 0 aliphatic carbocycles. The van der Waals surface area contributed by atoms with Gasteiger partial charge in [0.1, 0.15) is 4.99 Å². The zero-order valence-electron chi connectivity index (χ0n) is 14.0. The minimum atomic E-state index is -0.0584. The fourth-order valence-electron chi connectivity index (χ4n) is 2.66. The first-order chi connectivity index (χ1) is 12.1. The molecule has 0 saturated carbocycles. The van der Waals surface area contributed by atoms with E-state index in [9.17, 15) is 4.79 Å². The Kier molecular flexibility index (Phi) is 5.40. The molecule has 2 heterocycles. The third-order valence-electron chi connectivity index (χ3n) is 4.07. The highest BCUT2D eigenvalue weighted by Crippen LogP contribution is 2.20. The zero-order valence-corrected chi connectivity index (χ0v) is 14.8. The normalized spacial score (nSPS) is 14.4. The molecule has 6 heteroatoms. The molecule has 2 N–H and O–H groups in total. The largest absolute Gasteiger partial charge is 0.383 e. The summed E-state index contributed by atoms with van der Waals surface area (Å²) in [4.78, 5) is 18.8. The van der Waals surface area contributed by atoms with Crippen molar-refractivity contribution in [2.24, 2.45) is 0 Å². The number of nitrogens with one attached hydrogen (secondary N) is 2. The smallest absolute Gasteiger partial charge is 0.258 e. The van der Waals surface area contributed by atoms with E-state index in [-0.39, 0.29) is 5.91 Å². The van der Waals surface area contributed by atoms with E-state index in [4.69, 9.17) is 12.2 Å². The second-order valence-corrected chi connectivity index (χ2v) is 6.27. The first-order valence-electron chi connectivity index (χ1n) is 8.13. The van der Waals surface area contributed by atoms with Gasteiger partial charge in [0.05, 0.1) is 5.57 Å². The number of benzene rings is 1. The number of thiocarbonyl (C=S) groups is 1. The Hall–Kier alpha value is -2.73. The van der Waals surface area contributed by atoms with Gasteiger partial charge in [0.25, 0.3) is 5.91 Å². The fraction of sp³-hybridized carbons (Fsp3) is 0.211. The lowest BCUT2D eigenvalue weighted by Crippen LogP contribution is -2.40. The van der Waals surface area contributed by atoms with Crippen molar-refractivity contribution in [3.05, 3.63) is 71.7 Å². The lowest BCUT2D eigenvalue weighted by atomic mass is 10.0. The highest BCUT2D eigenvalue weighted by atomic mass is 32.1. The van der Waals surface area contributed by atoms with E-state index in [0.29, 0.717) is 23.7 Å². The predicted molar refractivity (Wildman–Crippen MR) is 103 cm³/mol. The maximum atomic E-state index is 12.7. The summed E-state index contributed by atoms with van der Waals surface area (Å²) in [6, 6.07) is 13.5. The van der Waals surface area contributed by atoms with Crippen molar-refractivity contribution in [1.82, 2.24) is 15.2 Å². The van der Waals surface area contributed by atoms with Crippen LogP contribution in [0.25, 0.3) is 0 Å². The second kappa shape index (κ2) is 7.90. The Bertz CT molecular complexity index is 790. The van der Waals surface area contributed by atoms with Gasteiger partial charge in [0.2, 0.25) is 0 Å². The van der Waals surface area contributed by atoms with Crippen LogP contribution in [0.3, 0.4) is 0 Å². The number of hydrogen-bond donors (Lipinski definition) is 2. The summed E-state index contributed by atoms with van der Waals surface area (Å²) >= 11 is 5.53. The molecule has 1 amide bonds. The van der Waals surface area contributed by atoms with Crippen molar-refractivity contribution >= 4 is 28.8 Å². The number of carbonyl (C=O) groups excluding carboxylic acids is 1. The van der Waals surface area contributed by atoms with Crippen LogP contribution in [0.15, 0.2) is 66.1 Å². The molecule has 0 saturated heterocycles. The number of nitrogens with zero attached hydrogens (tertiary/aromatic N) is 2. The second-order valence-electron chi connectivity index (χ2n) is 5.86.